The lowest BCUT2D eigenvalue weighted by molar-refractivity contribution is 0.598. The molecule has 0 heterocycles. The van der Waals surface area contributed by atoms with Gasteiger partial charge < -0.3 is 11.1 Å². The molecular formula is C12H12ClN3O2S. The van der Waals surface area contributed by atoms with E-state index in [0.29, 0.717) is 10.7 Å². The molecule has 0 aliphatic rings. The highest BCUT2D eigenvalue weighted by molar-refractivity contribution is 7.89. The molecule has 0 spiro atoms. The Kier molecular flexibility index (Phi) is 3.66. The largest absolute Gasteiger partial charge is 0.397 e. The fourth-order valence-electron chi connectivity index (χ4n) is 1.55. The summed E-state index contributed by atoms with van der Waals surface area (Å²) in [7, 11) is -3.75. The van der Waals surface area contributed by atoms with Crippen LogP contribution in [0.3, 0.4) is 0 Å². The molecule has 0 bridgehead atoms. The lowest BCUT2D eigenvalue weighted by Crippen LogP contribution is -2.12. The summed E-state index contributed by atoms with van der Waals surface area (Å²) in [5.41, 5.74) is 7.40. The second kappa shape index (κ2) is 5.08. The van der Waals surface area contributed by atoms with Crippen molar-refractivity contribution in [3.05, 3.63) is 47.5 Å². The highest BCUT2D eigenvalue weighted by atomic mass is 35.5. The summed E-state index contributed by atoms with van der Waals surface area (Å²) in [5.74, 6) is 0. The van der Waals surface area contributed by atoms with Crippen molar-refractivity contribution in [1.29, 1.82) is 0 Å². The average Bonchev–Trinajstić information content (AvgIpc) is 2.30. The molecular weight excluding hydrogens is 286 g/mol. The van der Waals surface area contributed by atoms with E-state index in [4.69, 9.17) is 22.5 Å². The SMILES string of the molecule is Nc1cc(S(N)(=O)=O)ccc1Nc1cccc(Cl)c1. The van der Waals surface area contributed by atoms with Gasteiger partial charge in [-0.1, -0.05) is 17.7 Å². The van der Waals surface area contributed by atoms with Crippen LogP contribution in [-0.2, 0) is 10.0 Å². The number of anilines is 3. The van der Waals surface area contributed by atoms with Gasteiger partial charge in [-0.05, 0) is 36.4 Å². The highest BCUT2D eigenvalue weighted by Gasteiger charge is 2.10. The number of nitrogen functional groups attached to an aromatic ring is 1. The van der Waals surface area contributed by atoms with E-state index < -0.39 is 10.0 Å². The van der Waals surface area contributed by atoms with E-state index in [1.54, 1.807) is 24.3 Å². The fraction of sp³-hybridized carbons (Fsp3) is 0. The van der Waals surface area contributed by atoms with E-state index in [9.17, 15) is 8.42 Å². The summed E-state index contributed by atoms with van der Waals surface area (Å²) in [6.07, 6.45) is 0. The van der Waals surface area contributed by atoms with Crippen LogP contribution in [0.1, 0.15) is 0 Å². The number of sulfonamides is 1. The van der Waals surface area contributed by atoms with Crippen LogP contribution in [0.2, 0.25) is 5.02 Å². The number of halogens is 1. The normalized spacial score (nSPS) is 11.3. The Balaban J connectivity index is 2.32. The lowest BCUT2D eigenvalue weighted by Gasteiger charge is -2.10. The molecule has 2 rings (SSSR count). The summed E-state index contributed by atoms with van der Waals surface area (Å²) in [6, 6.07) is 11.3. The maximum atomic E-state index is 11.2. The standard InChI is InChI=1S/C12H12ClN3O2S/c13-8-2-1-3-9(6-8)16-12-5-4-10(7-11(12)14)19(15,17)18/h1-7,16H,14H2,(H2,15,17,18). The van der Waals surface area contributed by atoms with Gasteiger partial charge in [0, 0.05) is 10.7 Å². The van der Waals surface area contributed by atoms with Crippen LogP contribution < -0.4 is 16.2 Å². The molecule has 2 aromatic carbocycles. The quantitative estimate of drug-likeness (QED) is 0.757. The first kappa shape index (κ1) is 13.7. The van der Waals surface area contributed by atoms with Crippen molar-refractivity contribution in [3.63, 3.8) is 0 Å². The molecule has 100 valence electrons. The zero-order chi connectivity index (χ0) is 14.0. The fourth-order valence-corrected chi connectivity index (χ4v) is 2.29. The number of primary sulfonamides is 1. The third kappa shape index (κ3) is 3.37. The molecule has 7 heteroatoms. The minimum atomic E-state index is -3.75. The first-order valence-corrected chi connectivity index (χ1v) is 7.23. The van der Waals surface area contributed by atoms with Gasteiger partial charge in [0.1, 0.15) is 0 Å². The summed E-state index contributed by atoms with van der Waals surface area (Å²) in [6.45, 7) is 0. The number of hydrogen-bond acceptors (Lipinski definition) is 4. The average molecular weight is 298 g/mol. The third-order valence-corrected chi connectivity index (χ3v) is 3.60. The van der Waals surface area contributed by atoms with Gasteiger partial charge in [-0.15, -0.1) is 0 Å². The summed E-state index contributed by atoms with van der Waals surface area (Å²) >= 11 is 5.87. The Morgan fingerprint density at radius 1 is 1.11 bits per heavy atom. The maximum absolute atomic E-state index is 11.2. The number of nitrogens with two attached hydrogens (primary N) is 2. The van der Waals surface area contributed by atoms with Gasteiger partial charge in [-0.25, -0.2) is 13.6 Å². The van der Waals surface area contributed by atoms with Crippen LogP contribution in [-0.4, -0.2) is 8.42 Å². The molecule has 19 heavy (non-hydrogen) atoms. The van der Waals surface area contributed by atoms with Crippen LogP contribution in [0.4, 0.5) is 17.1 Å². The predicted molar refractivity (Wildman–Crippen MR) is 77.0 cm³/mol. The van der Waals surface area contributed by atoms with Crippen molar-refractivity contribution >= 4 is 38.7 Å². The van der Waals surface area contributed by atoms with E-state index in [-0.39, 0.29) is 10.6 Å². The van der Waals surface area contributed by atoms with E-state index in [1.165, 1.54) is 12.1 Å². The number of benzene rings is 2. The topological polar surface area (TPSA) is 98.2 Å². The first-order chi connectivity index (χ1) is 8.86. The molecule has 0 aliphatic heterocycles. The number of hydrogen-bond donors (Lipinski definition) is 3. The van der Waals surface area contributed by atoms with Crippen molar-refractivity contribution in [2.45, 2.75) is 4.90 Å². The van der Waals surface area contributed by atoms with Gasteiger partial charge in [-0.3, -0.25) is 0 Å². The summed E-state index contributed by atoms with van der Waals surface area (Å²) in [5, 5.41) is 8.66. The van der Waals surface area contributed by atoms with Crippen molar-refractivity contribution in [3.8, 4) is 0 Å². The molecule has 0 unspecified atom stereocenters. The van der Waals surface area contributed by atoms with E-state index in [1.807, 2.05) is 6.07 Å². The number of rotatable bonds is 3. The van der Waals surface area contributed by atoms with Crippen LogP contribution in [0, 0.1) is 0 Å². The van der Waals surface area contributed by atoms with Crippen molar-refractivity contribution in [1.82, 2.24) is 0 Å². The molecule has 5 nitrogen and oxygen atoms in total. The van der Waals surface area contributed by atoms with Gasteiger partial charge in [0.2, 0.25) is 10.0 Å². The smallest absolute Gasteiger partial charge is 0.238 e. The van der Waals surface area contributed by atoms with Crippen LogP contribution in [0.5, 0.6) is 0 Å². The zero-order valence-corrected chi connectivity index (χ0v) is 11.4. The summed E-state index contributed by atoms with van der Waals surface area (Å²) in [4.78, 5) is -0.0263. The van der Waals surface area contributed by atoms with Crippen molar-refractivity contribution < 1.29 is 8.42 Å². The molecule has 5 N–H and O–H groups in total. The van der Waals surface area contributed by atoms with Gasteiger partial charge in [-0.2, -0.15) is 0 Å². The Morgan fingerprint density at radius 3 is 2.42 bits per heavy atom. The minimum absolute atomic E-state index is 0.0263. The Labute approximate surface area is 116 Å². The zero-order valence-electron chi connectivity index (χ0n) is 9.80. The molecule has 0 saturated carbocycles. The van der Waals surface area contributed by atoms with Crippen LogP contribution >= 0.6 is 11.6 Å². The first-order valence-electron chi connectivity index (χ1n) is 5.31. The monoisotopic (exact) mass is 297 g/mol. The Hall–Kier alpha value is -1.76. The second-order valence-corrected chi connectivity index (χ2v) is 5.93. The van der Waals surface area contributed by atoms with Crippen LogP contribution in [0.25, 0.3) is 0 Å². The Morgan fingerprint density at radius 2 is 1.84 bits per heavy atom. The van der Waals surface area contributed by atoms with E-state index in [0.717, 1.165) is 5.69 Å². The maximum Gasteiger partial charge on any atom is 0.238 e. The molecule has 0 amide bonds. The number of nitrogens with one attached hydrogen (secondary N) is 1. The van der Waals surface area contributed by atoms with E-state index >= 15 is 0 Å². The van der Waals surface area contributed by atoms with Gasteiger partial charge in [0.15, 0.2) is 0 Å². The Bertz CT molecular complexity index is 717. The molecule has 0 radical (unpaired) electrons. The van der Waals surface area contributed by atoms with Crippen molar-refractivity contribution in [2.75, 3.05) is 11.1 Å². The molecule has 0 aromatic heterocycles. The molecule has 0 saturated heterocycles. The molecule has 2 aromatic rings. The molecule has 0 fully saturated rings. The third-order valence-electron chi connectivity index (χ3n) is 2.46. The van der Waals surface area contributed by atoms with Gasteiger partial charge in [0.05, 0.1) is 16.3 Å². The van der Waals surface area contributed by atoms with Crippen LogP contribution in [0.15, 0.2) is 47.4 Å². The summed E-state index contributed by atoms with van der Waals surface area (Å²) < 4.78 is 22.4. The predicted octanol–water partition coefficient (Wildman–Crippen LogP) is 2.31. The molecule has 0 aliphatic carbocycles. The lowest BCUT2D eigenvalue weighted by atomic mass is 10.2. The van der Waals surface area contributed by atoms with Gasteiger partial charge in [0.25, 0.3) is 0 Å². The highest BCUT2D eigenvalue weighted by Crippen LogP contribution is 2.26. The molecule has 0 atom stereocenters. The van der Waals surface area contributed by atoms with Gasteiger partial charge >= 0.3 is 0 Å². The minimum Gasteiger partial charge on any atom is -0.397 e. The second-order valence-electron chi connectivity index (χ2n) is 3.93. The van der Waals surface area contributed by atoms with E-state index in [2.05, 4.69) is 5.32 Å². The van der Waals surface area contributed by atoms with Crippen molar-refractivity contribution in [2.24, 2.45) is 5.14 Å².